The summed E-state index contributed by atoms with van der Waals surface area (Å²) in [5, 5.41) is 8.59. The van der Waals surface area contributed by atoms with Crippen molar-refractivity contribution in [1.82, 2.24) is 0 Å². The highest BCUT2D eigenvalue weighted by atomic mass is 16.4. The van der Waals surface area contributed by atoms with E-state index in [4.69, 9.17) is 5.11 Å². The van der Waals surface area contributed by atoms with Crippen molar-refractivity contribution in [3.8, 4) is 0 Å². The van der Waals surface area contributed by atoms with Gasteiger partial charge in [0.05, 0.1) is 6.42 Å². The zero-order valence-corrected chi connectivity index (χ0v) is 10.6. The van der Waals surface area contributed by atoms with Crippen molar-refractivity contribution in [2.75, 3.05) is 0 Å². The van der Waals surface area contributed by atoms with E-state index in [2.05, 4.69) is 6.92 Å². The molecular formula is C14H22O3. The lowest BCUT2D eigenvalue weighted by Gasteiger charge is -2.28. The van der Waals surface area contributed by atoms with Crippen LogP contribution in [-0.4, -0.2) is 16.9 Å². The maximum Gasteiger partial charge on any atom is 0.303 e. The van der Waals surface area contributed by atoms with Crippen LogP contribution in [0.3, 0.4) is 0 Å². The number of rotatable bonds is 5. The number of aliphatic carboxylic acids is 1. The van der Waals surface area contributed by atoms with E-state index < -0.39 is 5.97 Å². The van der Waals surface area contributed by atoms with E-state index in [1.807, 2.05) is 0 Å². The molecule has 0 aliphatic heterocycles. The zero-order valence-electron chi connectivity index (χ0n) is 10.6. The molecule has 3 heteroatoms. The molecule has 0 saturated heterocycles. The summed E-state index contributed by atoms with van der Waals surface area (Å²) in [5.41, 5.74) is 0.204. The molecule has 2 fully saturated rings. The minimum absolute atomic E-state index is 0.00389. The monoisotopic (exact) mass is 238 g/mol. The molecule has 1 unspecified atom stereocenters. The molecule has 0 aromatic heterocycles. The number of carboxylic acid groups (broad SMARTS) is 1. The van der Waals surface area contributed by atoms with Gasteiger partial charge in [-0.05, 0) is 30.6 Å². The molecule has 2 aliphatic rings. The molecule has 2 aliphatic carbocycles. The van der Waals surface area contributed by atoms with Crippen LogP contribution in [0.5, 0.6) is 0 Å². The van der Waals surface area contributed by atoms with Gasteiger partial charge in [-0.15, -0.1) is 0 Å². The van der Waals surface area contributed by atoms with Crippen LogP contribution in [0.2, 0.25) is 0 Å². The number of hydrogen-bond acceptors (Lipinski definition) is 2. The molecule has 0 aromatic rings. The highest BCUT2D eigenvalue weighted by molar-refractivity contribution is 5.87. The molecular weight excluding hydrogens is 216 g/mol. The highest BCUT2D eigenvalue weighted by Crippen LogP contribution is 2.61. The van der Waals surface area contributed by atoms with Crippen molar-refractivity contribution in [2.24, 2.45) is 17.3 Å². The van der Waals surface area contributed by atoms with Crippen LogP contribution >= 0.6 is 0 Å². The first-order valence-corrected chi connectivity index (χ1v) is 6.78. The molecule has 0 amide bonds. The Balaban J connectivity index is 1.84. The number of carbonyl (C=O) groups is 2. The first kappa shape index (κ1) is 12.6. The van der Waals surface area contributed by atoms with Crippen LogP contribution in [0, 0.1) is 17.3 Å². The van der Waals surface area contributed by atoms with Gasteiger partial charge in [0.2, 0.25) is 0 Å². The first-order valence-electron chi connectivity index (χ1n) is 6.78. The summed E-state index contributed by atoms with van der Waals surface area (Å²) in [7, 11) is 0. The van der Waals surface area contributed by atoms with E-state index in [0.29, 0.717) is 5.92 Å². The lowest BCUT2D eigenvalue weighted by molar-refractivity contribution is -0.138. The molecule has 0 aromatic carbocycles. The number of hydrogen-bond donors (Lipinski definition) is 1. The lowest BCUT2D eigenvalue weighted by Crippen LogP contribution is -2.21. The second kappa shape index (κ2) is 4.79. The van der Waals surface area contributed by atoms with Gasteiger partial charge < -0.3 is 5.11 Å². The van der Waals surface area contributed by atoms with Gasteiger partial charge in [0.1, 0.15) is 5.78 Å². The van der Waals surface area contributed by atoms with Gasteiger partial charge in [-0.2, -0.15) is 0 Å². The van der Waals surface area contributed by atoms with Crippen molar-refractivity contribution in [2.45, 2.75) is 58.3 Å². The first-order chi connectivity index (χ1) is 8.04. The SMILES string of the molecule is CC1(C2CCCCC2)C[C@@H]1C(=O)CCC(=O)O. The third-order valence-electron chi connectivity index (χ3n) is 4.79. The fourth-order valence-corrected chi connectivity index (χ4v) is 3.48. The maximum absolute atomic E-state index is 11.9. The Hall–Kier alpha value is -0.860. The Kier molecular flexibility index (Phi) is 3.55. The summed E-state index contributed by atoms with van der Waals surface area (Å²) in [6.07, 6.45) is 7.68. The minimum Gasteiger partial charge on any atom is -0.481 e. The minimum atomic E-state index is -0.863. The van der Waals surface area contributed by atoms with Crippen molar-refractivity contribution in [3.05, 3.63) is 0 Å². The number of carbonyl (C=O) groups excluding carboxylic acids is 1. The standard InChI is InChI=1S/C14H22O3/c1-14(10-5-3-2-4-6-10)9-11(14)12(15)7-8-13(16)17/h10-11H,2-9H2,1H3,(H,16,17)/t11-,14?/m1/s1. The Morgan fingerprint density at radius 1 is 1.18 bits per heavy atom. The van der Waals surface area contributed by atoms with Crippen molar-refractivity contribution in [3.63, 3.8) is 0 Å². The van der Waals surface area contributed by atoms with Crippen LogP contribution in [0.4, 0.5) is 0 Å². The molecule has 2 rings (SSSR count). The molecule has 3 nitrogen and oxygen atoms in total. The van der Waals surface area contributed by atoms with E-state index in [0.717, 1.165) is 6.42 Å². The van der Waals surface area contributed by atoms with Crippen LogP contribution in [0.1, 0.15) is 58.3 Å². The number of Topliss-reactive ketones (excluding diaryl/α,β-unsaturated/α-hetero) is 1. The average Bonchev–Trinajstić information content (AvgIpc) is 3.01. The summed E-state index contributed by atoms with van der Waals surface area (Å²) in [6, 6.07) is 0. The van der Waals surface area contributed by atoms with E-state index in [9.17, 15) is 9.59 Å². The van der Waals surface area contributed by atoms with Crippen LogP contribution in [0.25, 0.3) is 0 Å². The van der Waals surface area contributed by atoms with E-state index >= 15 is 0 Å². The third kappa shape index (κ3) is 2.70. The van der Waals surface area contributed by atoms with Crippen LogP contribution in [-0.2, 0) is 9.59 Å². The van der Waals surface area contributed by atoms with Gasteiger partial charge in [0.15, 0.2) is 0 Å². The smallest absolute Gasteiger partial charge is 0.303 e. The van der Waals surface area contributed by atoms with Gasteiger partial charge in [-0.1, -0.05) is 26.2 Å². The summed E-state index contributed by atoms with van der Waals surface area (Å²) < 4.78 is 0. The van der Waals surface area contributed by atoms with Crippen molar-refractivity contribution in [1.29, 1.82) is 0 Å². The van der Waals surface area contributed by atoms with E-state index in [1.165, 1.54) is 32.1 Å². The van der Waals surface area contributed by atoms with Gasteiger partial charge in [0, 0.05) is 12.3 Å². The molecule has 0 radical (unpaired) electrons. The Bertz CT molecular complexity index is 317. The number of carboxylic acids is 1. The topological polar surface area (TPSA) is 54.4 Å². The van der Waals surface area contributed by atoms with Crippen molar-refractivity contribution < 1.29 is 14.7 Å². The number of ketones is 1. The lowest BCUT2D eigenvalue weighted by atomic mass is 9.77. The molecule has 2 saturated carbocycles. The third-order valence-corrected chi connectivity index (χ3v) is 4.79. The van der Waals surface area contributed by atoms with Crippen LogP contribution < -0.4 is 0 Å². The molecule has 96 valence electrons. The Morgan fingerprint density at radius 2 is 1.82 bits per heavy atom. The molecule has 0 spiro atoms. The predicted octanol–water partition coefficient (Wildman–Crippen LogP) is 3.03. The normalized spacial score (nSPS) is 33.4. The largest absolute Gasteiger partial charge is 0.481 e. The molecule has 2 atom stereocenters. The molecule has 0 bridgehead atoms. The van der Waals surface area contributed by atoms with E-state index in [-0.39, 0.29) is 30.0 Å². The Morgan fingerprint density at radius 3 is 2.41 bits per heavy atom. The second-order valence-corrected chi connectivity index (χ2v) is 5.96. The predicted molar refractivity (Wildman–Crippen MR) is 64.7 cm³/mol. The average molecular weight is 238 g/mol. The molecule has 17 heavy (non-hydrogen) atoms. The van der Waals surface area contributed by atoms with Crippen LogP contribution in [0.15, 0.2) is 0 Å². The maximum atomic E-state index is 11.9. The van der Waals surface area contributed by atoms with E-state index in [1.54, 1.807) is 0 Å². The summed E-state index contributed by atoms with van der Waals surface area (Å²) >= 11 is 0. The van der Waals surface area contributed by atoms with Gasteiger partial charge in [-0.25, -0.2) is 0 Å². The Labute approximate surface area is 103 Å². The van der Waals surface area contributed by atoms with Gasteiger partial charge in [-0.3, -0.25) is 9.59 Å². The fourth-order valence-electron chi connectivity index (χ4n) is 3.48. The highest BCUT2D eigenvalue weighted by Gasteiger charge is 2.57. The molecule has 0 heterocycles. The molecule has 1 N–H and O–H groups in total. The zero-order chi connectivity index (χ0) is 12.5. The summed E-state index contributed by atoms with van der Waals surface area (Å²) in [4.78, 5) is 22.4. The quantitative estimate of drug-likeness (QED) is 0.801. The summed E-state index contributed by atoms with van der Waals surface area (Å²) in [5.74, 6) is 0.179. The second-order valence-electron chi connectivity index (χ2n) is 5.96. The van der Waals surface area contributed by atoms with Gasteiger partial charge >= 0.3 is 5.97 Å². The van der Waals surface area contributed by atoms with Crippen molar-refractivity contribution >= 4 is 11.8 Å². The summed E-state index contributed by atoms with van der Waals surface area (Å²) in [6.45, 7) is 2.23. The fraction of sp³-hybridized carbons (Fsp3) is 0.857. The van der Waals surface area contributed by atoms with Gasteiger partial charge in [0.25, 0.3) is 0 Å².